The van der Waals surface area contributed by atoms with Crippen molar-refractivity contribution in [1.29, 1.82) is 0 Å². The first-order chi connectivity index (χ1) is 52.6. The van der Waals surface area contributed by atoms with Crippen molar-refractivity contribution in [3.8, 4) is 11.1 Å². The van der Waals surface area contributed by atoms with Crippen LogP contribution in [0.2, 0.25) is 0 Å². The zero-order valence-electron chi connectivity index (χ0n) is 63.0. The van der Waals surface area contributed by atoms with E-state index in [0.29, 0.717) is 0 Å². The Labute approximate surface area is 689 Å². The van der Waals surface area contributed by atoms with Crippen molar-refractivity contribution in [2.24, 2.45) is 0 Å². The minimum Gasteiger partial charge on any atom is -0.504 e. The Bertz CT molecular complexity index is 6120. The van der Waals surface area contributed by atoms with Crippen LogP contribution in [-0.4, -0.2) is 42.3 Å². The summed E-state index contributed by atoms with van der Waals surface area (Å²) in [6.07, 6.45) is 0.965. The van der Waals surface area contributed by atoms with Crippen LogP contribution >= 0.6 is 0 Å². The van der Waals surface area contributed by atoms with Crippen molar-refractivity contribution in [3.05, 3.63) is 328 Å². The van der Waals surface area contributed by atoms with Crippen molar-refractivity contribution in [2.45, 2.75) is 34.1 Å². The van der Waals surface area contributed by atoms with Crippen molar-refractivity contribution in [3.63, 3.8) is 0 Å². The van der Waals surface area contributed by atoms with Crippen molar-refractivity contribution in [1.82, 2.24) is 0 Å². The van der Waals surface area contributed by atoms with E-state index in [4.69, 9.17) is 4.42 Å². The summed E-state index contributed by atoms with van der Waals surface area (Å²) in [5.74, 6) is 0. The third kappa shape index (κ3) is 12.1. The summed E-state index contributed by atoms with van der Waals surface area (Å²) in [7, 11) is 12.7. The number of hydrogen-bond acceptors (Lipinski definition) is 13. The van der Waals surface area contributed by atoms with Gasteiger partial charge in [0.15, 0.2) is 5.58 Å². The molecule has 0 spiro atoms. The fourth-order valence-electron chi connectivity index (χ4n) is 17.2. The number of nitrogens with zero attached hydrogens (tertiary/aromatic N) is 12. The zero-order chi connectivity index (χ0) is 73.1. The summed E-state index contributed by atoms with van der Waals surface area (Å²) in [5.41, 5.74) is 32.7. The smallest absolute Gasteiger partial charge is 0.158 e. The van der Waals surface area contributed by atoms with E-state index < -0.39 is 0 Å². The second-order valence-electron chi connectivity index (χ2n) is 29.5. The van der Waals surface area contributed by atoms with E-state index in [1.54, 1.807) is 0 Å². The molecule has 15 aromatic rings. The van der Waals surface area contributed by atoms with Crippen molar-refractivity contribution in [2.75, 3.05) is 101 Å². The van der Waals surface area contributed by atoms with E-state index in [2.05, 4.69) is 411 Å². The van der Waals surface area contributed by atoms with Gasteiger partial charge < -0.3 is 63.2 Å². The Kier molecular flexibility index (Phi) is 18.7. The van der Waals surface area contributed by atoms with Gasteiger partial charge in [-0.2, -0.15) is 57.2 Å². The molecule has 14 aromatic carbocycles. The topological polar surface area (TPSA) is 52.0 Å². The van der Waals surface area contributed by atoms with Gasteiger partial charge in [-0.1, -0.05) is 147 Å². The molecule has 111 heavy (non-hydrogen) atoms. The minimum atomic E-state index is 0. The summed E-state index contributed by atoms with van der Waals surface area (Å²) in [5, 5.41) is 9.79. The first-order valence-electron chi connectivity index (χ1n) is 36.8. The number of rotatable bonds is 6. The minimum absolute atomic E-state index is 0. The maximum Gasteiger partial charge on any atom is 0.158 e. The zero-order valence-corrected chi connectivity index (χ0v) is 70.6. The quantitative estimate of drug-likeness (QED) is 0.149. The molecule has 0 unspecified atom stereocenters. The maximum atomic E-state index is 6.35. The Hall–Kier alpha value is -10.8. The van der Waals surface area contributed by atoms with Gasteiger partial charge in [0.25, 0.3) is 0 Å². The molecule has 0 radical (unpaired) electrons. The van der Waals surface area contributed by atoms with E-state index in [9.17, 15) is 0 Å². The predicted molar refractivity (Wildman–Crippen MR) is 451 cm³/mol. The van der Waals surface area contributed by atoms with Crippen LogP contribution < -0.4 is 58.8 Å². The monoisotopic (exact) mass is 1980 g/mol. The maximum absolute atomic E-state index is 6.35. The molecule has 0 saturated heterocycles. The largest absolute Gasteiger partial charge is 0.504 e. The van der Waals surface area contributed by atoms with Gasteiger partial charge in [-0.15, -0.1) is 88.7 Å². The molecule has 16 heteroatoms. The van der Waals surface area contributed by atoms with Crippen LogP contribution in [0, 0.1) is 85.9 Å². The number of benzene rings is 14. The predicted octanol–water partition coefficient (Wildman–Crippen LogP) is 22.9. The molecule has 7 heterocycles. The fourth-order valence-corrected chi connectivity index (χ4v) is 17.2. The van der Waals surface area contributed by atoms with Gasteiger partial charge in [-0.05, 0) is 172 Å². The number of anilines is 18. The Morgan fingerprint density at radius 2 is 0.676 bits per heavy atom. The molecular formula is C95H77N12OOs3-9. The molecule has 7 aliphatic rings. The van der Waals surface area contributed by atoms with Crippen LogP contribution in [0.25, 0.3) is 65.4 Å². The van der Waals surface area contributed by atoms with Gasteiger partial charge in [0.05, 0.1) is 5.69 Å². The normalized spacial score (nSPS) is 14.6. The molecule has 13 nitrogen and oxygen atoms in total. The molecule has 22 rings (SSSR count). The SMILES string of the molecule is CN1[CH-]N(c2[c-]c(N3[CH-]N(C)c4c3ccc3c4oc4ccccc43)ccc2)c2ccc3c(c21)Cc1ccccc1-3.Cc1cc(N2[CH-]N(C)c3c2ccc2ccccc32)[c-]c(N2[CH-]N(C)c3c2ccc2ccccc32)c1.Cc1cc(N2[CH-]N(C)c3cc(C)c(C)cc32)[c-]c(N2[CH-]N(C)c3cc4ccccc4cc32)c1.[Os].[Os].[Os]. The average molecular weight is 1970 g/mol. The van der Waals surface area contributed by atoms with E-state index in [1.807, 2.05) is 12.1 Å². The van der Waals surface area contributed by atoms with Crippen LogP contribution in [0.3, 0.4) is 0 Å². The van der Waals surface area contributed by atoms with Gasteiger partial charge in [-0.25, -0.2) is 0 Å². The molecule has 0 atom stereocenters. The summed E-state index contributed by atoms with van der Waals surface area (Å²) in [6, 6.07) is 95.8. The molecule has 556 valence electrons. The summed E-state index contributed by atoms with van der Waals surface area (Å²) < 4.78 is 6.35. The molecule has 1 aliphatic carbocycles. The van der Waals surface area contributed by atoms with E-state index in [-0.39, 0.29) is 59.4 Å². The number of furan rings is 1. The third-order valence-electron chi connectivity index (χ3n) is 22.4. The first-order valence-corrected chi connectivity index (χ1v) is 36.8. The number of para-hydroxylation sites is 1. The van der Waals surface area contributed by atoms with E-state index >= 15 is 0 Å². The molecule has 0 fully saturated rings. The molecule has 0 saturated carbocycles. The van der Waals surface area contributed by atoms with Crippen LogP contribution in [0.5, 0.6) is 0 Å². The van der Waals surface area contributed by atoms with E-state index in [0.717, 1.165) is 73.9 Å². The Balaban J connectivity index is 0.000000120. The average Bonchev–Trinajstić information content (AvgIpc) is 1.59. The number of aryl methyl sites for hydroxylation is 4. The number of hydrogen-bond donors (Lipinski definition) is 0. The molecule has 0 amide bonds. The Morgan fingerprint density at radius 1 is 0.288 bits per heavy atom. The van der Waals surface area contributed by atoms with Crippen LogP contribution in [0.15, 0.2) is 241 Å². The summed E-state index contributed by atoms with van der Waals surface area (Å²) in [6.45, 7) is 21.6. The standard InChI is InChI=1S/C35H25N4O.C31H25N4.C29H27N4.3Os/c1-36-20-38(30-16-14-26-25-11-4-3-8-22(25)18-29(26)33(30)36)23-9-7-10-24(19-23)39-21-37(2)34-31(39)17-15-28-27-12-5-6-13-32(27)40-35(28)34;1-21-16-24(34-19-32(2)30-26-10-6-4-8-22(26)12-14-28(30)34)18-25(17-21)35-20-33(3)31-27-11-7-5-9-23(27)13-15-29(31)35;1-19-10-24(32-17-30(4)26-12-20(2)21(3)13-28(26)32)16-25(11-19)33-18-31(5)27-14-22-8-6-7-9-23(22)15-29(27)33;;;/h3-17,20-21H,18H2,1-2H3;4-17,19-20H,1-3H3;6-15,17-18H,1-5H3;;;/q3*-3;;;. The second-order valence-corrected chi connectivity index (χ2v) is 29.5. The van der Waals surface area contributed by atoms with Crippen molar-refractivity contribution >= 4 is 157 Å². The number of fused-ring (bicyclic) bond motifs is 19. The van der Waals surface area contributed by atoms with Gasteiger partial charge in [-0.3, -0.25) is 0 Å². The van der Waals surface area contributed by atoms with E-state index in [1.165, 1.54) is 134 Å². The molecule has 6 aliphatic heterocycles. The van der Waals surface area contributed by atoms with Gasteiger partial charge in [0.1, 0.15) is 5.58 Å². The third-order valence-corrected chi connectivity index (χ3v) is 22.4. The first kappa shape index (κ1) is 73.0. The molecular weight excluding hydrogens is 1900 g/mol. The van der Waals surface area contributed by atoms with Crippen LogP contribution in [0.4, 0.5) is 102 Å². The summed E-state index contributed by atoms with van der Waals surface area (Å²) in [4.78, 5) is 26.7. The van der Waals surface area contributed by atoms with Crippen LogP contribution in [0.1, 0.15) is 33.4 Å². The van der Waals surface area contributed by atoms with Gasteiger partial charge in [0.2, 0.25) is 0 Å². The summed E-state index contributed by atoms with van der Waals surface area (Å²) >= 11 is 0. The Morgan fingerprint density at radius 3 is 1.24 bits per heavy atom. The van der Waals surface area contributed by atoms with Gasteiger partial charge >= 0.3 is 0 Å². The van der Waals surface area contributed by atoms with Gasteiger partial charge in [0, 0.05) is 150 Å². The fraction of sp³-hybridized carbons (Fsp3) is 0.116. The molecule has 0 N–H and O–H groups in total. The molecule has 0 bridgehead atoms. The second kappa shape index (κ2) is 28.5. The van der Waals surface area contributed by atoms with Crippen LogP contribution in [-0.2, 0) is 65.8 Å². The van der Waals surface area contributed by atoms with Crippen molar-refractivity contribution < 1.29 is 63.8 Å². The molecule has 1 aromatic heterocycles.